The minimum Gasteiger partial charge on any atom is -0.349 e. The van der Waals surface area contributed by atoms with Crippen LogP contribution in [0.5, 0.6) is 0 Å². The van der Waals surface area contributed by atoms with Crippen molar-refractivity contribution in [3.05, 3.63) is 35.9 Å². The van der Waals surface area contributed by atoms with Crippen LogP contribution in [0.3, 0.4) is 0 Å². The van der Waals surface area contributed by atoms with Crippen molar-refractivity contribution < 1.29 is 9.53 Å². The van der Waals surface area contributed by atoms with E-state index < -0.39 is 0 Å². The summed E-state index contributed by atoms with van der Waals surface area (Å²) in [6, 6.07) is 10.1. The SMILES string of the molecule is CC1OC(c2ccccc2)CN1C(=O)C1CC1. The average Bonchev–Trinajstić information content (AvgIpc) is 3.13. The third-order valence-electron chi connectivity index (χ3n) is 3.54. The lowest BCUT2D eigenvalue weighted by molar-refractivity contribution is -0.136. The maximum absolute atomic E-state index is 12.0. The van der Waals surface area contributed by atoms with Crippen LogP contribution >= 0.6 is 0 Å². The van der Waals surface area contributed by atoms with Gasteiger partial charge in [0, 0.05) is 5.92 Å². The van der Waals surface area contributed by atoms with E-state index in [0.29, 0.717) is 6.54 Å². The molecule has 90 valence electrons. The van der Waals surface area contributed by atoms with E-state index in [1.54, 1.807) is 0 Å². The summed E-state index contributed by atoms with van der Waals surface area (Å²) in [7, 11) is 0. The monoisotopic (exact) mass is 231 g/mol. The molecule has 1 aromatic rings. The Kier molecular flexibility index (Phi) is 2.63. The highest BCUT2D eigenvalue weighted by atomic mass is 16.5. The van der Waals surface area contributed by atoms with Crippen molar-refractivity contribution in [1.29, 1.82) is 0 Å². The summed E-state index contributed by atoms with van der Waals surface area (Å²) in [6.45, 7) is 2.66. The molecule has 3 heteroatoms. The zero-order valence-corrected chi connectivity index (χ0v) is 10.0. The van der Waals surface area contributed by atoms with Gasteiger partial charge in [-0.15, -0.1) is 0 Å². The Labute approximate surface area is 101 Å². The van der Waals surface area contributed by atoms with E-state index in [1.807, 2.05) is 30.0 Å². The fourth-order valence-electron chi connectivity index (χ4n) is 2.37. The van der Waals surface area contributed by atoms with Gasteiger partial charge in [0.1, 0.15) is 12.3 Å². The quantitative estimate of drug-likeness (QED) is 0.782. The van der Waals surface area contributed by atoms with Gasteiger partial charge in [-0.2, -0.15) is 0 Å². The lowest BCUT2D eigenvalue weighted by atomic mass is 10.1. The van der Waals surface area contributed by atoms with Crippen LogP contribution in [0.4, 0.5) is 0 Å². The Hall–Kier alpha value is -1.35. The van der Waals surface area contributed by atoms with Gasteiger partial charge < -0.3 is 9.64 Å². The van der Waals surface area contributed by atoms with Crippen molar-refractivity contribution in [2.24, 2.45) is 5.92 Å². The number of benzene rings is 1. The second-order valence-corrected chi connectivity index (χ2v) is 4.90. The Balaban J connectivity index is 1.73. The summed E-state index contributed by atoms with van der Waals surface area (Å²) in [5, 5.41) is 0. The molecular formula is C14H17NO2. The van der Waals surface area contributed by atoms with Crippen LogP contribution in [0.15, 0.2) is 30.3 Å². The highest BCUT2D eigenvalue weighted by molar-refractivity contribution is 5.81. The normalized spacial score (nSPS) is 28.4. The van der Waals surface area contributed by atoms with Gasteiger partial charge in [0.05, 0.1) is 6.54 Å². The first kappa shape index (κ1) is 10.8. The predicted octanol–water partition coefficient (Wildman–Crippen LogP) is 2.34. The topological polar surface area (TPSA) is 29.5 Å². The van der Waals surface area contributed by atoms with Crippen molar-refractivity contribution in [1.82, 2.24) is 4.90 Å². The van der Waals surface area contributed by atoms with Gasteiger partial charge in [0.2, 0.25) is 5.91 Å². The van der Waals surface area contributed by atoms with Crippen molar-refractivity contribution in [3.8, 4) is 0 Å². The molecule has 1 heterocycles. The van der Waals surface area contributed by atoms with Gasteiger partial charge >= 0.3 is 0 Å². The molecule has 1 aliphatic carbocycles. The highest BCUT2D eigenvalue weighted by Gasteiger charge is 2.40. The third kappa shape index (κ3) is 2.07. The van der Waals surface area contributed by atoms with E-state index in [1.165, 1.54) is 0 Å². The lowest BCUT2D eigenvalue weighted by Gasteiger charge is -2.18. The van der Waals surface area contributed by atoms with E-state index in [-0.39, 0.29) is 24.2 Å². The van der Waals surface area contributed by atoms with E-state index >= 15 is 0 Å². The minimum atomic E-state index is -0.0895. The standard InChI is InChI=1S/C14H17NO2/c1-10-15(14(16)12-7-8-12)9-13(17-10)11-5-3-2-4-6-11/h2-6,10,12-13H,7-9H2,1H3. The molecule has 1 saturated carbocycles. The second-order valence-electron chi connectivity index (χ2n) is 4.90. The average molecular weight is 231 g/mol. The molecule has 2 fully saturated rings. The summed E-state index contributed by atoms with van der Waals surface area (Å²) in [4.78, 5) is 13.9. The summed E-state index contributed by atoms with van der Waals surface area (Å²) < 4.78 is 5.86. The fraction of sp³-hybridized carbons (Fsp3) is 0.500. The fourth-order valence-corrected chi connectivity index (χ4v) is 2.37. The molecule has 1 amide bonds. The number of nitrogens with zero attached hydrogens (tertiary/aromatic N) is 1. The minimum absolute atomic E-state index is 0.0360. The number of carbonyl (C=O) groups excluding carboxylic acids is 1. The van der Waals surface area contributed by atoms with Crippen LogP contribution in [0, 0.1) is 5.92 Å². The molecule has 0 bridgehead atoms. The molecule has 1 aliphatic heterocycles. The molecule has 1 saturated heterocycles. The number of rotatable bonds is 2. The van der Waals surface area contributed by atoms with Crippen LogP contribution in [0.2, 0.25) is 0 Å². The smallest absolute Gasteiger partial charge is 0.227 e. The molecule has 1 aromatic carbocycles. The van der Waals surface area contributed by atoms with Crippen molar-refractivity contribution in [2.75, 3.05) is 6.54 Å². The Morgan fingerprint density at radius 1 is 1.29 bits per heavy atom. The van der Waals surface area contributed by atoms with E-state index in [2.05, 4.69) is 12.1 Å². The molecule has 0 aromatic heterocycles. The van der Waals surface area contributed by atoms with Crippen molar-refractivity contribution >= 4 is 5.91 Å². The number of ether oxygens (including phenoxy) is 1. The third-order valence-corrected chi connectivity index (χ3v) is 3.54. The molecule has 3 nitrogen and oxygen atoms in total. The molecular weight excluding hydrogens is 214 g/mol. The van der Waals surface area contributed by atoms with Gasteiger partial charge in [-0.25, -0.2) is 0 Å². The van der Waals surface area contributed by atoms with Crippen LogP contribution in [-0.4, -0.2) is 23.6 Å². The van der Waals surface area contributed by atoms with E-state index in [9.17, 15) is 4.79 Å². The summed E-state index contributed by atoms with van der Waals surface area (Å²) >= 11 is 0. The number of hydrogen-bond acceptors (Lipinski definition) is 2. The number of hydrogen-bond donors (Lipinski definition) is 0. The highest BCUT2D eigenvalue weighted by Crippen LogP contribution is 2.36. The van der Waals surface area contributed by atoms with Gasteiger partial charge in [-0.3, -0.25) is 4.79 Å². The molecule has 2 atom stereocenters. The van der Waals surface area contributed by atoms with Crippen LogP contribution < -0.4 is 0 Å². The largest absolute Gasteiger partial charge is 0.349 e. The molecule has 0 spiro atoms. The van der Waals surface area contributed by atoms with Crippen LogP contribution in [-0.2, 0) is 9.53 Å². The van der Waals surface area contributed by atoms with Gasteiger partial charge in [0.25, 0.3) is 0 Å². The second kappa shape index (κ2) is 4.15. The molecule has 2 aliphatic rings. The first-order valence-corrected chi connectivity index (χ1v) is 6.26. The first-order valence-electron chi connectivity index (χ1n) is 6.26. The van der Waals surface area contributed by atoms with Crippen LogP contribution in [0.1, 0.15) is 31.4 Å². The van der Waals surface area contributed by atoms with Gasteiger partial charge in [-0.1, -0.05) is 30.3 Å². The summed E-state index contributed by atoms with van der Waals surface area (Å²) in [5.41, 5.74) is 1.16. The zero-order valence-electron chi connectivity index (χ0n) is 10.0. The Morgan fingerprint density at radius 2 is 2.00 bits per heavy atom. The molecule has 3 rings (SSSR count). The zero-order chi connectivity index (χ0) is 11.8. The van der Waals surface area contributed by atoms with Gasteiger partial charge in [0.15, 0.2) is 0 Å². The van der Waals surface area contributed by atoms with E-state index in [0.717, 1.165) is 18.4 Å². The number of carbonyl (C=O) groups is 1. The maximum Gasteiger partial charge on any atom is 0.227 e. The summed E-state index contributed by atoms with van der Waals surface area (Å²) in [6.07, 6.45) is 2.05. The maximum atomic E-state index is 12.0. The molecule has 17 heavy (non-hydrogen) atoms. The first-order chi connectivity index (χ1) is 8.25. The molecule has 0 N–H and O–H groups in total. The summed E-state index contributed by atoms with van der Waals surface area (Å²) in [5.74, 6) is 0.548. The lowest BCUT2D eigenvalue weighted by Crippen LogP contribution is -2.35. The van der Waals surface area contributed by atoms with E-state index in [4.69, 9.17) is 4.74 Å². The molecule has 0 radical (unpaired) electrons. The van der Waals surface area contributed by atoms with Crippen LogP contribution in [0.25, 0.3) is 0 Å². The molecule has 2 unspecified atom stereocenters. The number of amides is 1. The van der Waals surface area contributed by atoms with Crippen molar-refractivity contribution in [2.45, 2.75) is 32.1 Å². The Morgan fingerprint density at radius 3 is 2.65 bits per heavy atom. The van der Waals surface area contributed by atoms with Crippen molar-refractivity contribution in [3.63, 3.8) is 0 Å². The predicted molar refractivity (Wildman–Crippen MR) is 64.2 cm³/mol. The van der Waals surface area contributed by atoms with Gasteiger partial charge in [-0.05, 0) is 25.3 Å². The Bertz CT molecular complexity index is 413.